The van der Waals surface area contributed by atoms with Crippen LogP contribution in [0.4, 0.5) is 0 Å². The van der Waals surface area contributed by atoms with Gasteiger partial charge in [0.1, 0.15) is 0 Å². The van der Waals surface area contributed by atoms with E-state index in [0.717, 1.165) is 16.2 Å². The summed E-state index contributed by atoms with van der Waals surface area (Å²) < 4.78 is 2.90. The summed E-state index contributed by atoms with van der Waals surface area (Å²) in [5.74, 6) is 0.917. The number of nitrogens with one attached hydrogen (secondary N) is 1. The lowest BCUT2D eigenvalue weighted by atomic mass is 9.95. The lowest BCUT2D eigenvalue weighted by molar-refractivity contribution is 0.352. The Balaban J connectivity index is 2.03. The highest BCUT2D eigenvalue weighted by atomic mass is 32.1. The summed E-state index contributed by atoms with van der Waals surface area (Å²) in [5.41, 5.74) is 1.02. The summed E-state index contributed by atoms with van der Waals surface area (Å²) in [6.45, 7) is 0. The van der Waals surface area contributed by atoms with Gasteiger partial charge in [-0.25, -0.2) is 0 Å². The number of hydrogen-bond acceptors (Lipinski definition) is 3. The minimum absolute atomic E-state index is 0.486. The largest absolute Gasteiger partial charge is 0.297 e. The molecular formula is C13H16N4S. The van der Waals surface area contributed by atoms with Crippen LogP contribution in [0.2, 0.25) is 0 Å². The molecule has 1 N–H and O–H groups in total. The van der Waals surface area contributed by atoms with Gasteiger partial charge >= 0.3 is 0 Å². The van der Waals surface area contributed by atoms with Gasteiger partial charge in [0.15, 0.2) is 10.6 Å². The quantitative estimate of drug-likeness (QED) is 0.840. The predicted octanol–water partition coefficient (Wildman–Crippen LogP) is 3.51. The van der Waals surface area contributed by atoms with Crippen LogP contribution < -0.4 is 0 Å². The fourth-order valence-corrected chi connectivity index (χ4v) is 2.96. The van der Waals surface area contributed by atoms with Gasteiger partial charge in [-0.05, 0) is 37.2 Å². The van der Waals surface area contributed by atoms with Crippen LogP contribution in [0.5, 0.6) is 0 Å². The summed E-state index contributed by atoms with van der Waals surface area (Å²) in [6, 6.07) is 4.44. The van der Waals surface area contributed by atoms with E-state index < -0.39 is 0 Å². The zero-order valence-corrected chi connectivity index (χ0v) is 11.0. The number of pyridine rings is 1. The molecule has 0 spiro atoms. The highest BCUT2D eigenvalue weighted by molar-refractivity contribution is 7.71. The average molecular weight is 260 g/mol. The maximum atomic E-state index is 5.38. The van der Waals surface area contributed by atoms with Crippen LogP contribution in [-0.4, -0.2) is 19.7 Å². The van der Waals surface area contributed by atoms with E-state index in [9.17, 15) is 0 Å². The second-order valence-corrected chi connectivity index (χ2v) is 5.14. The molecule has 0 radical (unpaired) electrons. The molecule has 0 aromatic carbocycles. The summed E-state index contributed by atoms with van der Waals surface area (Å²) in [5, 5.41) is 7.29. The Kier molecular flexibility index (Phi) is 3.23. The smallest absolute Gasteiger partial charge is 0.195 e. The van der Waals surface area contributed by atoms with Crippen molar-refractivity contribution in [2.24, 2.45) is 0 Å². The van der Waals surface area contributed by atoms with Crippen LogP contribution in [0, 0.1) is 4.77 Å². The first-order valence-corrected chi connectivity index (χ1v) is 6.84. The molecule has 5 heteroatoms. The van der Waals surface area contributed by atoms with E-state index in [0.29, 0.717) is 6.04 Å². The number of aromatic nitrogens is 4. The normalized spacial score (nSPS) is 16.9. The van der Waals surface area contributed by atoms with Gasteiger partial charge in [-0.3, -0.25) is 14.6 Å². The second kappa shape index (κ2) is 5.02. The Morgan fingerprint density at radius 3 is 2.83 bits per heavy atom. The third-order valence-electron chi connectivity index (χ3n) is 3.56. The molecule has 0 atom stereocenters. The van der Waals surface area contributed by atoms with E-state index >= 15 is 0 Å². The average Bonchev–Trinajstić information content (AvgIpc) is 2.83. The molecule has 0 unspecified atom stereocenters. The van der Waals surface area contributed by atoms with E-state index in [1.807, 2.05) is 18.3 Å². The first-order valence-electron chi connectivity index (χ1n) is 6.43. The van der Waals surface area contributed by atoms with Crippen LogP contribution >= 0.6 is 12.2 Å². The molecule has 0 saturated heterocycles. The van der Waals surface area contributed by atoms with Crippen LogP contribution in [0.3, 0.4) is 0 Å². The molecule has 4 nitrogen and oxygen atoms in total. The Bertz CT molecular complexity index is 566. The van der Waals surface area contributed by atoms with Crippen molar-refractivity contribution in [1.82, 2.24) is 19.7 Å². The minimum Gasteiger partial charge on any atom is -0.297 e. The van der Waals surface area contributed by atoms with E-state index in [1.54, 1.807) is 6.20 Å². The van der Waals surface area contributed by atoms with Crippen LogP contribution in [0.25, 0.3) is 11.4 Å². The molecule has 2 aromatic heterocycles. The summed E-state index contributed by atoms with van der Waals surface area (Å²) in [4.78, 5) is 4.16. The SMILES string of the molecule is S=c1[nH]nc(-c2cccnc2)n1C1CCCCC1. The Labute approximate surface area is 111 Å². The number of rotatable bonds is 2. The summed E-state index contributed by atoms with van der Waals surface area (Å²) >= 11 is 5.38. The molecule has 3 rings (SSSR count). The fourth-order valence-electron chi connectivity index (χ4n) is 2.68. The second-order valence-electron chi connectivity index (χ2n) is 4.76. The lowest BCUT2D eigenvalue weighted by Gasteiger charge is -2.24. The van der Waals surface area contributed by atoms with Crippen LogP contribution in [0.1, 0.15) is 38.1 Å². The maximum absolute atomic E-state index is 5.38. The van der Waals surface area contributed by atoms with Gasteiger partial charge in [-0.1, -0.05) is 19.3 Å². The molecule has 18 heavy (non-hydrogen) atoms. The number of H-pyrrole nitrogens is 1. The van der Waals surface area contributed by atoms with Gasteiger partial charge in [0, 0.05) is 24.0 Å². The lowest BCUT2D eigenvalue weighted by Crippen LogP contribution is -2.14. The topological polar surface area (TPSA) is 46.5 Å². The highest BCUT2D eigenvalue weighted by Gasteiger charge is 2.20. The monoisotopic (exact) mass is 260 g/mol. The van der Waals surface area contributed by atoms with Gasteiger partial charge in [-0.15, -0.1) is 0 Å². The van der Waals surface area contributed by atoms with Gasteiger partial charge in [0.05, 0.1) is 0 Å². The molecule has 94 valence electrons. The zero-order valence-electron chi connectivity index (χ0n) is 10.2. The van der Waals surface area contributed by atoms with Gasteiger partial charge in [-0.2, -0.15) is 5.10 Å². The van der Waals surface area contributed by atoms with Crippen molar-refractivity contribution < 1.29 is 0 Å². The third-order valence-corrected chi connectivity index (χ3v) is 3.85. The Morgan fingerprint density at radius 2 is 2.11 bits per heavy atom. The van der Waals surface area contributed by atoms with E-state index in [4.69, 9.17) is 12.2 Å². The number of hydrogen-bond donors (Lipinski definition) is 1. The van der Waals surface area contributed by atoms with Crippen molar-refractivity contribution in [3.8, 4) is 11.4 Å². The molecule has 1 aliphatic rings. The van der Waals surface area contributed by atoms with Gasteiger partial charge in [0.25, 0.3) is 0 Å². The third kappa shape index (κ3) is 2.10. The molecule has 0 amide bonds. The number of aromatic amines is 1. The van der Waals surface area contributed by atoms with Crippen molar-refractivity contribution in [1.29, 1.82) is 0 Å². The molecule has 1 aliphatic carbocycles. The number of nitrogens with zero attached hydrogens (tertiary/aromatic N) is 3. The molecular weight excluding hydrogens is 244 g/mol. The van der Waals surface area contributed by atoms with Gasteiger partial charge < -0.3 is 0 Å². The van der Waals surface area contributed by atoms with Crippen LogP contribution in [-0.2, 0) is 0 Å². The molecule has 1 fully saturated rings. The van der Waals surface area contributed by atoms with E-state index in [2.05, 4.69) is 19.7 Å². The van der Waals surface area contributed by atoms with Crippen molar-refractivity contribution in [3.63, 3.8) is 0 Å². The van der Waals surface area contributed by atoms with E-state index in [-0.39, 0.29) is 0 Å². The minimum atomic E-state index is 0.486. The Hall–Kier alpha value is -1.49. The molecule has 0 bridgehead atoms. The first-order chi connectivity index (χ1) is 8.86. The van der Waals surface area contributed by atoms with Crippen molar-refractivity contribution >= 4 is 12.2 Å². The standard InChI is InChI=1S/C13H16N4S/c18-13-16-15-12(10-5-4-8-14-9-10)17(13)11-6-2-1-3-7-11/h4-5,8-9,11H,1-3,6-7H2,(H,16,18). The first kappa shape index (κ1) is 11.6. The highest BCUT2D eigenvalue weighted by Crippen LogP contribution is 2.31. The maximum Gasteiger partial charge on any atom is 0.195 e. The molecule has 2 aromatic rings. The fraction of sp³-hybridized carbons (Fsp3) is 0.462. The van der Waals surface area contributed by atoms with Crippen molar-refractivity contribution in [2.45, 2.75) is 38.1 Å². The summed E-state index contributed by atoms with van der Waals surface area (Å²) in [6.07, 6.45) is 9.90. The van der Waals surface area contributed by atoms with E-state index in [1.165, 1.54) is 32.1 Å². The van der Waals surface area contributed by atoms with Gasteiger partial charge in [0.2, 0.25) is 0 Å². The molecule has 2 heterocycles. The van der Waals surface area contributed by atoms with Crippen LogP contribution in [0.15, 0.2) is 24.5 Å². The summed E-state index contributed by atoms with van der Waals surface area (Å²) in [7, 11) is 0. The van der Waals surface area contributed by atoms with Crippen molar-refractivity contribution in [2.75, 3.05) is 0 Å². The zero-order chi connectivity index (χ0) is 12.4. The molecule has 1 saturated carbocycles. The predicted molar refractivity (Wildman–Crippen MR) is 72.8 cm³/mol. The van der Waals surface area contributed by atoms with Crippen molar-refractivity contribution in [3.05, 3.63) is 29.3 Å². The molecule has 0 aliphatic heterocycles. The Morgan fingerprint density at radius 1 is 1.28 bits per heavy atom.